The second-order valence-electron chi connectivity index (χ2n) is 7.64. The fourth-order valence-electron chi connectivity index (χ4n) is 3.86. The molecule has 0 atom stereocenters. The summed E-state index contributed by atoms with van der Waals surface area (Å²) in [5.74, 6) is -0.145. The zero-order valence-corrected chi connectivity index (χ0v) is 18.1. The summed E-state index contributed by atoms with van der Waals surface area (Å²) in [6, 6.07) is 8.27. The minimum atomic E-state index is -0.670. The van der Waals surface area contributed by atoms with Gasteiger partial charge in [0.15, 0.2) is 11.2 Å². The molecule has 9 nitrogen and oxygen atoms in total. The van der Waals surface area contributed by atoms with Gasteiger partial charge in [0.2, 0.25) is 5.78 Å². The van der Waals surface area contributed by atoms with Crippen LogP contribution in [0.1, 0.15) is 31.0 Å². The number of esters is 1. The van der Waals surface area contributed by atoms with Gasteiger partial charge in [-0.05, 0) is 37.5 Å². The summed E-state index contributed by atoms with van der Waals surface area (Å²) in [5.41, 5.74) is 2.38. The number of carbonyl (C=O) groups is 1. The van der Waals surface area contributed by atoms with Gasteiger partial charge in [-0.15, -0.1) is 0 Å². The summed E-state index contributed by atoms with van der Waals surface area (Å²) in [4.78, 5) is 42.1. The second kappa shape index (κ2) is 7.90. The van der Waals surface area contributed by atoms with Crippen LogP contribution >= 0.6 is 0 Å². The molecule has 0 unspecified atom stereocenters. The fourth-order valence-corrected chi connectivity index (χ4v) is 3.86. The lowest BCUT2D eigenvalue weighted by Crippen LogP contribution is -2.41. The number of methoxy groups -OCH3 is 1. The normalized spacial score (nSPS) is 11.5. The average molecular weight is 423 g/mol. The number of nitrogens with zero attached hydrogens (tertiary/aromatic N) is 5. The fraction of sp³-hybridized carbons (Fsp3) is 0.364. The summed E-state index contributed by atoms with van der Waals surface area (Å²) >= 11 is 0. The predicted octanol–water partition coefficient (Wildman–Crippen LogP) is 1.96. The summed E-state index contributed by atoms with van der Waals surface area (Å²) in [6.45, 7) is 3.65. The van der Waals surface area contributed by atoms with E-state index in [2.05, 4.69) is 28.8 Å². The number of ether oxygens (including phenoxy) is 1. The minimum absolute atomic E-state index is 0.238. The van der Waals surface area contributed by atoms with Gasteiger partial charge in [0.1, 0.15) is 6.54 Å². The second-order valence-corrected chi connectivity index (χ2v) is 7.64. The molecule has 0 amide bonds. The Labute approximate surface area is 178 Å². The zero-order chi connectivity index (χ0) is 22.3. The van der Waals surface area contributed by atoms with E-state index in [4.69, 9.17) is 0 Å². The number of fused-ring (bicyclic) bond motifs is 3. The lowest BCUT2D eigenvalue weighted by Gasteiger charge is -2.07. The Kier molecular flexibility index (Phi) is 5.26. The lowest BCUT2D eigenvalue weighted by molar-refractivity contribution is -0.141. The molecular formula is C22H25N5O4. The highest BCUT2D eigenvalue weighted by Crippen LogP contribution is 2.21. The van der Waals surface area contributed by atoms with Gasteiger partial charge in [0, 0.05) is 24.6 Å². The Bertz CT molecular complexity index is 1400. The maximum atomic E-state index is 13.1. The molecule has 31 heavy (non-hydrogen) atoms. The number of aromatic nitrogens is 5. The molecule has 0 saturated heterocycles. The van der Waals surface area contributed by atoms with Crippen molar-refractivity contribution in [3.05, 3.63) is 62.6 Å². The van der Waals surface area contributed by atoms with Gasteiger partial charge in [0.25, 0.3) is 5.56 Å². The van der Waals surface area contributed by atoms with Crippen molar-refractivity contribution in [1.82, 2.24) is 23.1 Å². The van der Waals surface area contributed by atoms with E-state index >= 15 is 0 Å². The standard InChI is InChI=1S/C22H25N5O4/c1-5-6-7-15-8-10-16(11-9-15)27-14(2)12-25-18-19(23-21(25)27)24(3)22(30)26(20(18)29)13-17(28)31-4/h8-12H,5-7,13H2,1-4H3. The highest BCUT2D eigenvalue weighted by atomic mass is 16.5. The van der Waals surface area contributed by atoms with E-state index < -0.39 is 23.8 Å². The van der Waals surface area contributed by atoms with Crippen LogP contribution in [0.25, 0.3) is 22.6 Å². The molecule has 0 spiro atoms. The van der Waals surface area contributed by atoms with Gasteiger partial charge in [-0.2, -0.15) is 4.98 Å². The lowest BCUT2D eigenvalue weighted by atomic mass is 10.1. The van der Waals surface area contributed by atoms with Crippen LogP contribution < -0.4 is 11.2 Å². The first-order chi connectivity index (χ1) is 14.9. The number of hydrogen-bond donors (Lipinski definition) is 0. The Morgan fingerprint density at radius 1 is 1.16 bits per heavy atom. The molecule has 3 aromatic heterocycles. The van der Waals surface area contributed by atoms with Crippen molar-refractivity contribution in [3.8, 4) is 5.69 Å². The van der Waals surface area contributed by atoms with Gasteiger partial charge < -0.3 is 4.74 Å². The number of rotatable bonds is 6. The molecule has 4 aromatic rings. The third kappa shape index (κ3) is 3.35. The van der Waals surface area contributed by atoms with Gasteiger partial charge in [-0.1, -0.05) is 25.5 Å². The van der Waals surface area contributed by atoms with Crippen LogP contribution in [0.3, 0.4) is 0 Å². The smallest absolute Gasteiger partial charge is 0.333 e. The summed E-state index contributed by atoms with van der Waals surface area (Å²) < 4.78 is 10.4. The summed E-state index contributed by atoms with van der Waals surface area (Å²) in [6.07, 6.45) is 5.13. The Morgan fingerprint density at radius 2 is 1.87 bits per heavy atom. The molecule has 9 heteroatoms. The van der Waals surface area contributed by atoms with E-state index in [1.54, 1.807) is 4.40 Å². The number of imidazole rings is 2. The molecule has 0 aliphatic heterocycles. The van der Waals surface area contributed by atoms with Crippen molar-refractivity contribution in [2.45, 2.75) is 39.7 Å². The van der Waals surface area contributed by atoms with Gasteiger partial charge in [0.05, 0.1) is 7.11 Å². The van der Waals surface area contributed by atoms with Crippen LogP contribution in [0.2, 0.25) is 0 Å². The molecule has 0 bridgehead atoms. The third-order valence-electron chi connectivity index (χ3n) is 5.55. The molecule has 4 rings (SSSR count). The van der Waals surface area contributed by atoms with Gasteiger partial charge in [-0.25, -0.2) is 9.36 Å². The average Bonchev–Trinajstić information content (AvgIpc) is 3.28. The van der Waals surface area contributed by atoms with Crippen LogP contribution in [0.5, 0.6) is 0 Å². The van der Waals surface area contributed by atoms with Crippen molar-refractivity contribution in [2.75, 3.05) is 7.11 Å². The largest absolute Gasteiger partial charge is 0.468 e. The predicted molar refractivity (Wildman–Crippen MR) is 117 cm³/mol. The van der Waals surface area contributed by atoms with Crippen molar-refractivity contribution in [3.63, 3.8) is 0 Å². The number of benzene rings is 1. The Balaban J connectivity index is 1.92. The van der Waals surface area contributed by atoms with Crippen LogP contribution in [-0.2, 0) is 29.5 Å². The Morgan fingerprint density at radius 3 is 2.52 bits per heavy atom. The van der Waals surface area contributed by atoms with Crippen LogP contribution in [0, 0.1) is 6.92 Å². The Hall–Kier alpha value is -3.62. The van der Waals surface area contributed by atoms with E-state index in [0.29, 0.717) is 5.78 Å². The van der Waals surface area contributed by atoms with E-state index in [-0.39, 0.29) is 11.2 Å². The quantitative estimate of drug-likeness (QED) is 0.442. The van der Waals surface area contributed by atoms with Gasteiger partial charge in [-0.3, -0.25) is 23.1 Å². The van der Waals surface area contributed by atoms with E-state index in [1.165, 1.54) is 24.3 Å². The van der Waals surface area contributed by atoms with Crippen molar-refractivity contribution >= 4 is 22.9 Å². The number of hydrogen-bond acceptors (Lipinski definition) is 5. The van der Waals surface area contributed by atoms with E-state index in [0.717, 1.165) is 35.2 Å². The van der Waals surface area contributed by atoms with Crippen LogP contribution in [-0.4, -0.2) is 36.2 Å². The maximum Gasteiger partial charge on any atom is 0.333 e. The van der Waals surface area contributed by atoms with E-state index in [9.17, 15) is 14.4 Å². The molecule has 0 fully saturated rings. The number of carbonyl (C=O) groups excluding carboxylic acids is 1. The van der Waals surface area contributed by atoms with Crippen molar-refractivity contribution < 1.29 is 9.53 Å². The molecule has 1 aromatic carbocycles. The molecule has 0 radical (unpaired) electrons. The highest BCUT2D eigenvalue weighted by Gasteiger charge is 2.21. The highest BCUT2D eigenvalue weighted by molar-refractivity contribution is 5.77. The minimum Gasteiger partial charge on any atom is -0.468 e. The first-order valence-corrected chi connectivity index (χ1v) is 10.2. The SMILES string of the molecule is CCCCc1ccc(-n2c(C)cn3c4c(=O)n(CC(=O)OC)c(=O)n(C)c4nc23)cc1. The zero-order valence-electron chi connectivity index (χ0n) is 18.1. The molecule has 0 N–H and O–H groups in total. The summed E-state index contributed by atoms with van der Waals surface area (Å²) in [5, 5.41) is 0. The molecule has 0 aliphatic rings. The first kappa shape index (κ1) is 20.6. The van der Waals surface area contributed by atoms with Crippen LogP contribution in [0.15, 0.2) is 40.1 Å². The maximum absolute atomic E-state index is 13.1. The third-order valence-corrected chi connectivity index (χ3v) is 5.55. The topological polar surface area (TPSA) is 92.5 Å². The van der Waals surface area contributed by atoms with Crippen LogP contribution in [0.4, 0.5) is 0 Å². The first-order valence-electron chi connectivity index (χ1n) is 10.2. The van der Waals surface area contributed by atoms with Crippen molar-refractivity contribution in [1.29, 1.82) is 0 Å². The van der Waals surface area contributed by atoms with Crippen molar-refractivity contribution in [2.24, 2.45) is 7.05 Å². The monoisotopic (exact) mass is 423 g/mol. The van der Waals surface area contributed by atoms with Gasteiger partial charge >= 0.3 is 11.7 Å². The molecule has 3 heterocycles. The molecule has 0 aliphatic carbocycles. The van der Waals surface area contributed by atoms with E-state index in [1.807, 2.05) is 29.8 Å². The molecule has 0 saturated carbocycles. The number of unbranched alkanes of at least 4 members (excludes halogenated alkanes) is 1. The number of aryl methyl sites for hydroxylation is 3. The molecule has 162 valence electrons. The summed E-state index contributed by atoms with van der Waals surface area (Å²) in [7, 11) is 2.74. The molecular weight excluding hydrogens is 398 g/mol.